The lowest BCUT2D eigenvalue weighted by Crippen LogP contribution is -2.09. The number of tetrazole rings is 1. The van der Waals surface area contributed by atoms with Gasteiger partial charge in [0.2, 0.25) is 5.95 Å². The predicted octanol–water partition coefficient (Wildman–Crippen LogP) is 4.63. The Bertz CT molecular complexity index is 945. The highest BCUT2D eigenvalue weighted by molar-refractivity contribution is 6.31. The van der Waals surface area contributed by atoms with E-state index in [9.17, 15) is 0 Å². The van der Waals surface area contributed by atoms with Gasteiger partial charge in [-0.25, -0.2) is 4.68 Å². The third kappa shape index (κ3) is 5.60. The Morgan fingerprint density at radius 2 is 1.93 bits per heavy atom. The highest BCUT2D eigenvalue weighted by atomic mass is 35.5. The highest BCUT2D eigenvalue weighted by Gasteiger charge is 2.13. The van der Waals surface area contributed by atoms with Crippen LogP contribution in [0.2, 0.25) is 5.02 Å². The van der Waals surface area contributed by atoms with Gasteiger partial charge in [-0.05, 0) is 47.9 Å². The molecule has 7 nitrogen and oxygen atoms in total. The van der Waals surface area contributed by atoms with Crippen LogP contribution in [-0.2, 0) is 19.7 Å². The minimum Gasteiger partial charge on any atom is -0.490 e. The Balaban J connectivity index is 1.73. The molecular formula is C21H26ClN5O2. The van der Waals surface area contributed by atoms with Crippen molar-refractivity contribution >= 4 is 17.5 Å². The van der Waals surface area contributed by atoms with E-state index >= 15 is 0 Å². The Kier molecular flexibility index (Phi) is 7.30. The molecule has 1 aromatic heterocycles. The average molecular weight is 416 g/mol. The van der Waals surface area contributed by atoms with Crippen LogP contribution in [-0.4, -0.2) is 26.8 Å². The van der Waals surface area contributed by atoms with Crippen LogP contribution in [0, 0.1) is 6.92 Å². The molecule has 0 radical (unpaired) electrons. The summed E-state index contributed by atoms with van der Waals surface area (Å²) in [5.41, 5.74) is 3.17. The highest BCUT2D eigenvalue weighted by Crippen LogP contribution is 2.34. The van der Waals surface area contributed by atoms with Crippen LogP contribution in [0.4, 0.5) is 5.95 Å². The van der Waals surface area contributed by atoms with Crippen LogP contribution >= 0.6 is 11.6 Å². The molecule has 154 valence electrons. The van der Waals surface area contributed by atoms with Gasteiger partial charge in [0, 0.05) is 24.2 Å². The van der Waals surface area contributed by atoms with Crippen LogP contribution in [0.25, 0.3) is 0 Å². The second kappa shape index (κ2) is 10.1. The molecule has 0 atom stereocenters. The number of nitrogens with one attached hydrogen (secondary N) is 1. The monoisotopic (exact) mass is 415 g/mol. The molecule has 0 aliphatic carbocycles. The second-order valence-electron chi connectivity index (χ2n) is 6.68. The number of hydrogen-bond donors (Lipinski definition) is 1. The smallest absolute Gasteiger partial charge is 0.243 e. The zero-order valence-corrected chi connectivity index (χ0v) is 17.7. The standard InChI is InChI=1S/C21H26ClN5O2/c1-4-9-27-21(24-25-26-27)23-13-17-11-19(28-5-2)20(12-18(17)22)29-14-16-8-6-7-15(3)10-16/h6-8,10-12H,4-5,9,13-14H2,1-3H3,(H,23,24,26). The normalized spacial score (nSPS) is 10.8. The van der Waals surface area contributed by atoms with Gasteiger partial charge in [-0.1, -0.05) is 53.5 Å². The summed E-state index contributed by atoms with van der Waals surface area (Å²) in [6, 6.07) is 11.9. The van der Waals surface area contributed by atoms with E-state index in [-0.39, 0.29) is 0 Å². The molecule has 0 amide bonds. The molecule has 0 unspecified atom stereocenters. The van der Waals surface area contributed by atoms with Crippen molar-refractivity contribution < 1.29 is 9.47 Å². The summed E-state index contributed by atoms with van der Waals surface area (Å²) in [5.74, 6) is 1.90. The van der Waals surface area contributed by atoms with Gasteiger partial charge in [0.25, 0.3) is 0 Å². The van der Waals surface area contributed by atoms with Crippen molar-refractivity contribution in [2.45, 2.75) is 46.9 Å². The zero-order chi connectivity index (χ0) is 20.6. The number of nitrogens with zero attached hydrogens (tertiary/aromatic N) is 4. The predicted molar refractivity (Wildman–Crippen MR) is 114 cm³/mol. The number of hydrogen-bond acceptors (Lipinski definition) is 6. The molecule has 2 aromatic carbocycles. The molecule has 3 rings (SSSR count). The van der Waals surface area contributed by atoms with E-state index in [4.69, 9.17) is 21.1 Å². The van der Waals surface area contributed by atoms with E-state index in [1.807, 2.05) is 25.1 Å². The number of halogens is 1. The van der Waals surface area contributed by atoms with Crippen molar-refractivity contribution in [2.24, 2.45) is 0 Å². The number of aromatic nitrogens is 4. The third-order valence-corrected chi connectivity index (χ3v) is 4.65. The van der Waals surface area contributed by atoms with Crippen molar-refractivity contribution in [1.82, 2.24) is 20.2 Å². The van der Waals surface area contributed by atoms with E-state index in [2.05, 4.69) is 46.8 Å². The summed E-state index contributed by atoms with van der Waals surface area (Å²) in [7, 11) is 0. The second-order valence-corrected chi connectivity index (χ2v) is 7.09. The summed E-state index contributed by atoms with van der Waals surface area (Å²) in [6.07, 6.45) is 0.946. The van der Waals surface area contributed by atoms with E-state index in [0.717, 1.165) is 24.1 Å². The van der Waals surface area contributed by atoms with Gasteiger partial charge < -0.3 is 14.8 Å². The van der Waals surface area contributed by atoms with E-state index < -0.39 is 0 Å². The molecule has 0 saturated carbocycles. The summed E-state index contributed by atoms with van der Waals surface area (Å²) in [4.78, 5) is 0. The molecule has 0 spiro atoms. The Morgan fingerprint density at radius 1 is 1.10 bits per heavy atom. The summed E-state index contributed by atoms with van der Waals surface area (Å²) in [5, 5.41) is 15.5. The van der Waals surface area contributed by atoms with Crippen molar-refractivity contribution in [3.05, 3.63) is 58.1 Å². The summed E-state index contributed by atoms with van der Waals surface area (Å²) >= 11 is 6.52. The first-order valence-corrected chi connectivity index (χ1v) is 10.1. The molecule has 0 bridgehead atoms. The van der Waals surface area contributed by atoms with Gasteiger partial charge in [0.05, 0.1) is 6.61 Å². The first-order chi connectivity index (χ1) is 14.1. The number of ether oxygens (including phenoxy) is 2. The quantitative estimate of drug-likeness (QED) is 0.520. The van der Waals surface area contributed by atoms with Crippen molar-refractivity contribution in [3.63, 3.8) is 0 Å². The lowest BCUT2D eigenvalue weighted by atomic mass is 10.1. The third-order valence-electron chi connectivity index (χ3n) is 4.29. The Morgan fingerprint density at radius 3 is 2.69 bits per heavy atom. The molecule has 3 aromatic rings. The molecule has 0 aliphatic rings. The topological polar surface area (TPSA) is 74.1 Å². The fourth-order valence-electron chi connectivity index (χ4n) is 2.92. The van der Waals surface area contributed by atoms with E-state index in [0.29, 0.717) is 42.2 Å². The van der Waals surface area contributed by atoms with Gasteiger partial charge in [0.15, 0.2) is 11.5 Å². The van der Waals surface area contributed by atoms with Gasteiger partial charge in [-0.3, -0.25) is 0 Å². The van der Waals surface area contributed by atoms with Crippen molar-refractivity contribution in [2.75, 3.05) is 11.9 Å². The van der Waals surface area contributed by atoms with Crippen LogP contribution in [0.1, 0.15) is 37.0 Å². The van der Waals surface area contributed by atoms with Crippen LogP contribution in [0.15, 0.2) is 36.4 Å². The van der Waals surface area contributed by atoms with Crippen LogP contribution in [0.3, 0.4) is 0 Å². The molecular weight excluding hydrogens is 390 g/mol. The van der Waals surface area contributed by atoms with Crippen molar-refractivity contribution in [3.8, 4) is 11.5 Å². The molecule has 0 fully saturated rings. The maximum atomic E-state index is 6.52. The zero-order valence-electron chi connectivity index (χ0n) is 17.0. The molecule has 8 heteroatoms. The fraction of sp³-hybridized carbons (Fsp3) is 0.381. The van der Waals surface area contributed by atoms with Gasteiger partial charge in [-0.15, -0.1) is 0 Å². The molecule has 0 saturated heterocycles. The lowest BCUT2D eigenvalue weighted by Gasteiger charge is -2.15. The first-order valence-electron chi connectivity index (χ1n) is 9.74. The van der Waals surface area contributed by atoms with Gasteiger partial charge >= 0.3 is 0 Å². The SMILES string of the molecule is CCCn1nnnc1NCc1cc(OCC)c(OCc2cccc(C)c2)cc1Cl. The van der Waals surface area contributed by atoms with E-state index in [1.165, 1.54) is 5.56 Å². The first kappa shape index (κ1) is 20.9. The Hall–Kier alpha value is -2.80. The minimum absolute atomic E-state index is 0.446. The largest absolute Gasteiger partial charge is 0.490 e. The van der Waals surface area contributed by atoms with Crippen LogP contribution in [0.5, 0.6) is 11.5 Å². The summed E-state index contributed by atoms with van der Waals surface area (Å²) < 4.78 is 13.5. The maximum Gasteiger partial charge on any atom is 0.243 e. The van der Waals surface area contributed by atoms with Gasteiger partial charge in [0.1, 0.15) is 6.61 Å². The number of aryl methyl sites for hydroxylation is 2. The summed E-state index contributed by atoms with van der Waals surface area (Å²) in [6.45, 7) is 8.28. The van der Waals surface area contributed by atoms with Gasteiger partial charge in [-0.2, -0.15) is 0 Å². The molecule has 1 heterocycles. The Labute approximate surface area is 176 Å². The number of anilines is 1. The molecule has 29 heavy (non-hydrogen) atoms. The molecule has 0 aliphatic heterocycles. The van der Waals surface area contributed by atoms with Crippen LogP contribution < -0.4 is 14.8 Å². The molecule has 1 N–H and O–H groups in total. The average Bonchev–Trinajstić information content (AvgIpc) is 3.14. The number of rotatable bonds is 10. The van der Waals surface area contributed by atoms with E-state index in [1.54, 1.807) is 10.7 Å². The fourth-order valence-corrected chi connectivity index (χ4v) is 3.15. The maximum absolute atomic E-state index is 6.52. The lowest BCUT2D eigenvalue weighted by molar-refractivity contribution is 0.269. The number of benzene rings is 2. The minimum atomic E-state index is 0.446. The van der Waals surface area contributed by atoms with Crippen molar-refractivity contribution in [1.29, 1.82) is 0 Å².